The van der Waals surface area contributed by atoms with Gasteiger partial charge < -0.3 is 9.84 Å². The van der Waals surface area contributed by atoms with Crippen molar-refractivity contribution < 1.29 is 14.6 Å². The summed E-state index contributed by atoms with van der Waals surface area (Å²) < 4.78 is 6.31. The first-order chi connectivity index (χ1) is 10.9. The Morgan fingerprint density at radius 2 is 1.96 bits per heavy atom. The summed E-state index contributed by atoms with van der Waals surface area (Å²) in [4.78, 5) is 12.5. The summed E-state index contributed by atoms with van der Waals surface area (Å²) in [7, 11) is 0. The standard InChI is InChI=1S/C20H30O3/c1-18-7-6-15-12(9-13(18)3-4-16(18)22)10-17-20(23-17)11-14(21)5-8-19(15,20)2/h12-15,17,21H,3-11H2,1-2H3/t12-,13?,14+,15?,17?,18+,19-,20?/m1/s1. The molecule has 1 heterocycles. The van der Waals surface area contributed by atoms with Crippen molar-refractivity contribution in [3.63, 3.8) is 0 Å². The van der Waals surface area contributed by atoms with Crippen molar-refractivity contribution in [2.24, 2.45) is 28.6 Å². The fourth-order valence-electron chi connectivity index (χ4n) is 7.46. The van der Waals surface area contributed by atoms with Crippen LogP contribution in [0.15, 0.2) is 0 Å². The Labute approximate surface area is 139 Å². The van der Waals surface area contributed by atoms with Crippen LogP contribution in [0.25, 0.3) is 0 Å². The number of carbonyl (C=O) groups is 1. The highest BCUT2D eigenvalue weighted by Gasteiger charge is 2.74. The molecule has 3 heteroatoms. The summed E-state index contributed by atoms with van der Waals surface area (Å²) in [5, 5.41) is 10.2. The van der Waals surface area contributed by atoms with Crippen LogP contribution in [-0.2, 0) is 9.53 Å². The van der Waals surface area contributed by atoms with E-state index in [1.165, 1.54) is 19.3 Å². The van der Waals surface area contributed by atoms with Crippen LogP contribution in [0.5, 0.6) is 0 Å². The van der Waals surface area contributed by atoms with Crippen LogP contribution in [0.4, 0.5) is 0 Å². The molecular weight excluding hydrogens is 288 g/mol. The van der Waals surface area contributed by atoms with E-state index in [4.69, 9.17) is 4.74 Å². The first kappa shape index (κ1) is 14.9. The second-order valence-corrected chi connectivity index (χ2v) is 9.76. The zero-order chi connectivity index (χ0) is 16.0. The Balaban J connectivity index is 1.49. The predicted octanol–water partition coefficient (Wildman–Crippen LogP) is 3.48. The molecule has 5 aliphatic rings. The summed E-state index contributed by atoms with van der Waals surface area (Å²) in [6, 6.07) is 0. The van der Waals surface area contributed by atoms with Gasteiger partial charge in [-0.3, -0.25) is 4.79 Å². The van der Waals surface area contributed by atoms with Crippen molar-refractivity contribution in [3.05, 3.63) is 0 Å². The van der Waals surface area contributed by atoms with Crippen LogP contribution in [0.2, 0.25) is 0 Å². The Hall–Kier alpha value is -0.410. The number of epoxide rings is 1. The molecule has 1 aliphatic heterocycles. The molecule has 1 spiro atoms. The number of rotatable bonds is 0. The number of ether oxygens (including phenoxy) is 1. The van der Waals surface area contributed by atoms with Crippen molar-refractivity contribution in [2.45, 2.75) is 89.4 Å². The Morgan fingerprint density at radius 1 is 1.13 bits per heavy atom. The van der Waals surface area contributed by atoms with Crippen LogP contribution in [-0.4, -0.2) is 28.7 Å². The van der Waals surface area contributed by atoms with Gasteiger partial charge in [-0.25, -0.2) is 0 Å². The van der Waals surface area contributed by atoms with E-state index in [1.54, 1.807) is 0 Å². The van der Waals surface area contributed by atoms with Gasteiger partial charge in [0.05, 0.1) is 12.2 Å². The van der Waals surface area contributed by atoms with Gasteiger partial charge in [0, 0.05) is 23.7 Å². The zero-order valence-corrected chi connectivity index (χ0v) is 14.5. The van der Waals surface area contributed by atoms with E-state index < -0.39 is 0 Å². The van der Waals surface area contributed by atoms with Gasteiger partial charge in [-0.2, -0.15) is 0 Å². The van der Waals surface area contributed by atoms with Gasteiger partial charge in [0.25, 0.3) is 0 Å². The highest BCUT2D eigenvalue weighted by Crippen LogP contribution is 2.71. The fourth-order valence-corrected chi connectivity index (χ4v) is 7.46. The second kappa shape index (κ2) is 4.40. The molecule has 23 heavy (non-hydrogen) atoms. The lowest BCUT2D eigenvalue weighted by atomic mass is 9.51. The summed E-state index contributed by atoms with van der Waals surface area (Å²) >= 11 is 0. The predicted molar refractivity (Wildman–Crippen MR) is 86.9 cm³/mol. The number of aliphatic hydroxyl groups excluding tert-OH is 1. The quantitative estimate of drug-likeness (QED) is 0.696. The smallest absolute Gasteiger partial charge is 0.139 e. The van der Waals surface area contributed by atoms with Crippen LogP contribution < -0.4 is 0 Å². The molecule has 0 aromatic heterocycles. The maximum Gasteiger partial charge on any atom is 0.139 e. The Morgan fingerprint density at radius 3 is 2.78 bits per heavy atom. The van der Waals surface area contributed by atoms with E-state index in [0.29, 0.717) is 23.7 Å². The van der Waals surface area contributed by atoms with E-state index in [-0.39, 0.29) is 22.5 Å². The Kier molecular flexibility index (Phi) is 2.85. The molecule has 0 amide bonds. The molecule has 0 radical (unpaired) electrons. The molecule has 1 N–H and O–H groups in total. The monoisotopic (exact) mass is 318 g/mol. The molecule has 0 aromatic rings. The van der Waals surface area contributed by atoms with E-state index in [0.717, 1.165) is 44.4 Å². The van der Waals surface area contributed by atoms with Crippen LogP contribution >= 0.6 is 0 Å². The average Bonchev–Trinajstić information content (AvgIpc) is 3.16. The lowest BCUT2D eigenvalue weighted by Gasteiger charge is -2.52. The molecule has 4 aliphatic carbocycles. The highest BCUT2D eigenvalue weighted by atomic mass is 16.6. The molecule has 0 bridgehead atoms. The van der Waals surface area contributed by atoms with Gasteiger partial charge in [-0.05, 0) is 62.7 Å². The number of aliphatic hydroxyl groups is 1. The molecule has 4 saturated carbocycles. The van der Waals surface area contributed by atoms with Gasteiger partial charge in [0.2, 0.25) is 0 Å². The minimum Gasteiger partial charge on any atom is -0.393 e. The topological polar surface area (TPSA) is 49.8 Å². The average molecular weight is 318 g/mol. The molecule has 3 nitrogen and oxygen atoms in total. The Bertz CT molecular complexity index is 559. The minimum absolute atomic E-state index is 0.0316. The molecule has 1 saturated heterocycles. The normalized spacial score (nSPS) is 61.0. The van der Waals surface area contributed by atoms with Crippen LogP contribution in [0.1, 0.15) is 71.6 Å². The summed E-state index contributed by atoms with van der Waals surface area (Å²) in [6.07, 6.45) is 9.68. The SMILES string of the molecule is C[C@]12CCC3[C@@H](CC4OC45C[C@@H](O)CC[C@]35C)CC1CCC2=O. The van der Waals surface area contributed by atoms with Crippen LogP contribution in [0, 0.1) is 28.6 Å². The molecule has 4 unspecified atom stereocenters. The van der Waals surface area contributed by atoms with E-state index >= 15 is 0 Å². The van der Waals surface area contributed by atoms with Crippen molar-refractivity contribution in [2.75, 3.05) is 0 Å². The zero-order valence-electron chi connectivity index (χ0n) is 14.5. The van der Waals surface area contributed by atoms with Crippen LogP contribution in [0.3, 0.4) is 0 Å². The third kappa shape index (κ3) is 1.71. The number of fused-ring (bicyclic) bond motifs is 3. The lowest BCUT2D eigenvalue weighted by molar-refractivity contribution is -0.126. The molecule has 8 atom stereocenters. The van der Waals surface area contributed by atoms with Gasteiger partial charge in [-0.1, -0.05) is 13.8 Å². The van der Waals surface area contributed by atoms with E-state index in [9.17, 15) is 9.90 Å². The largest absolute Gasteiger partial charge is 0.393 e. The fraction of sp³-hybridized carbons (Fsp3) is 0.950. The number of carbonyl (C=O) groups excluding carboxylic acids is 1. The molecule has 128 valence electrons. The van der Waals surface area contributed by atoms with Crippen molar-refractivity contribution in [1.82, 2.24) is 0 Å². The number of ketones is 1. The van der Waals surface area contributed by atoms with Crippen molar-refractivity contribution in [1.29, 1.82) is 0 Å². The maximum absolute atomic E-state index is 12.5. The van der Waals surface area contributed by atoms with Gasteiger partial charge in [0.15, 0.2) is 0 Å². The third-order valence-corrected chi connectivity index (χ3v) is 9.04. The van der Waals surface area contributed by atoms with Crippen molar-refractivity contribution in [3.8, 4) is 0 Å². The lowest BCUT2D eigenvalue weighted by Crippen LogP contribution is -2.54. The molecule has 5 fully saturated rings. The summed E-state index contributed by atoms with van der Waals surface area (Å²) in [6.45, 7) is 4.70. The van der Waals surface area contributed by atoms with E-state index in [2.05, 4.69) is 13.8 Å². The highest BCUT2D eigenvalue weighted by molar-refractivity contribution is 5.86. The second-order valence-electron chi connectivity index (χ2n) is 9.76. The van der Waals surface area contributed by atoms with E-state index in [1.807, 2.05) is 0 Å². The molecular formula is C20H30O3. The molecule has 5 rings (SSSR count). The van der Waals surface area contributed by atoms with Crippen molar-refractivity contribution >= 4 is 5.78 Å². The summed E-state index contributed by atoms with van der Waals surface area (Å²) in [5.41, 5.74) is 0.147. The molecule has 0 aromatic carbocycles. The first-order valence-corrected chi connectivity index (χ1v) is 9.78. The summed E-state index contributed by atoms with van der Waals surface area (Å²) in [5.74, 6) is 2.55. The van der Waals surface area contributed by atoms with Gasteiger partial charge in [-0.15, -0.1) is 0 Å². The van der Waals surface area contributed by atoms with Gasteiger partial charge >= 0.3 is 0 Å². The number of hydrogen-bond donors (Lipinski definition) is 1. The number of Topliss-reactive ketones (excluding diaryl/α,β-unsaturated/α-hetero) is 1. The minimum atomic E-state index is -0.172. The third-order valence-electron chi connectivity index (χ3n) is 9.04. The van der Waals surface area contributed by atoms with Gasteiger partial charge in [0.1, 0.15) is 11.4 Å². The first-order valence-electron chi connectivity index (χ1n) is 9.78. The maximum atomic E-state index is 12.5. The number of hydrogen-bond acceptors (Lipinski definition) is 3.